The number of rotatable bonds is 5. The standard InChI is InChI=1S/C9H16N2O3S/c1-8(2)15(13,14)4-3-11-6-9(7-12)5-10-11/h5-6,8,12H,3-4,7H2,1-2H3. The molecule has 1 N–H and O–H groups in total. The van der Waals surface area contributed by atoms with Gasteiger partial charge in [0.15, 0.2) is 9.84 Å². The Hall–Kier alpha value is -0.880. The molecule has 6 heteroatoms. The van der Waals surface area contributed by atoms with E-state index in [4.69, 9.17) is 5.11 Å². The first kappa shape index (κ1) is 12.2. The highest BCUT2D eigenvalue weighted by atomic mass is 32.2. The molecule has 0 atom stereocenters. The van der Waals surface area contributed by atoms with Crippen LogP contribution in [-0.4, -0.2) is 34.3 Å². The summed E-state index contributed by atoms with van der Waals surface area (Å²) in [5.41, 5.74) is 0.692. The number of aromatic nitrogens is 2. The van der Waals surface area contributed by atoms with Crippen molar-refractivity contribution in [3.05, 3.63) is 18.0 Å². The Morgan fingerprint density at radius 1 is 1.53 bits per heavy atom. The molecule has 1 rings (SSSR count). The molecule has 0 fully saturated rings. The first-order valence-corrected chi connectivity index (χ1v) is 6.51. The summed E-state index contributed by atoms with van der Waals surface area (Å²) in [5, 5.41) is 12.4. The summed E-state index contributed by atoms with van der Waals surface area (Å²) in [5.74, 6) is 0.0806. The summed E-state index contributed by atoms with van der Waals surface area (Å²) in [7, 11) is -3.02. The van der Waals surface area contributed by atoms with Crippen molar-refractivity contribution < 1.29 is 13.5 Å². The van der Waals surface area contributed by atoms with Crippen LogP contribution in [0.1, 0.15) is 19.4 Å². The van der Waals surface area contributed by atoms with E-state index >= 15 is 0 Å². The maximum absolute atomic E-state index is 11.5. The molecular weight excluding hydrogens is 216 g/mol. The summed E-state index contributed by atoms with van der Waals surface area (Å²) < 4.78 is 24.5. The van der Waals surface area contributed by atoms with E-state index in [1.807, 2.05) is 0 Å². The molecular formula is C9H16N2O3S. The Bertz CT molecular complexity index is 409. The van der Waals surface area contributed by atoms with Crippen LogP contribution in [0.15, 0.2) is 12.4 Å². The van der Waals surface area contributed by atoms with Gasteiger partial charge < -0.3 is 5.11 Å². The molecule has 0 bridgehead atoms. The van der Waals surface area contributed by atoms with Crippen LogP contribution in [-0.2, 0) is 23.0 Å². The minimum Gasteiger partial charge on any atom is -0.392 e. The lowest BCUT2D eigenvalue weighted by molar-refractivity contribution is 0.281. The van der Waals surface area contributed by atoms with Crippen molar-refractivity contribution in [2.75, 3.05) is 5.75 Å². The van der Waals surface area contributed by atoms with Gasteiger partial charge in [-0.2, -0.15) is 5.10 Å². The van der Waals surface area contributed by atoms with E-state index < -0.39 is 9.84 Å². The molecule has 0 aliphatic carbocycles. The van der Waals surface area contributed by atoms with E-state index in [2.05, 4.69) is 5.10 Å². The van der Waals surface area contributed by atoms with E-state index in [1.165, 1.54) is 10.9 Å². The van der Waals surface area contributed by atoms with Gasteiger partial charge in [-0.15, -0.1) is 0 Å². The average Bonchev–Trinajstić information content (AvgIpc) is 2.62. The van der Waals surface area contributed by atoms with Gasteiger partial charge in [0.05, 0.1) is 30.4 Å². The van der Waals surface area contributed by atoms with Crippen molar-refractivity contribution >= 4 is 9.84 Å². The summed E-state index contributed by atoms with van der Waals surface area (Å²) in [4.78, 5) is 0. The zero-order valence-electron chi connectivity index (χ0n) is 8.92. The van der Waals surface area contributed by atoms with Crippen LogP contribution in [0, 0.1) is 0 Å². The van der Waals surface area contributed by atoms with Crippen molar-refractivity contribution in [3.63, 3.8) is 0 Å². The number of sulfone groups is 1. The first-order valence-electron chi connectivity index (χ1n) is 4.79. The van der Waals surface area contributed by atoms with Gasteiger partial charge in [-0.3, -0.25) is 4.68 Å². The fraction of sp³-hybridized carbons (Fsp3) is 0.667. The molecule has 0 amide bonds. The molecule has 86 valence electrons. The van der Waals surface area contributed by atoms with Crippen molar-refractivity contribution in [1.82, 2.24) is 9.78 Å². The summed E-state index contributed by atoms with van der Waals surface area (Å²) >= 11 is 0. The Balaban J connectivity index is 2.58. The molecule has 0 aliphatic heterocycles. The van der Waals surface area contributed by atoms with Gasteiger partial charge in [-0.25, -0.2) is 8.42 Å². The van der Waals surface area contributed by atoms with E-state index in [1.54, 1.807) is 20.0 Å². The van der Waals surface area contributed by atoms with Gasteiger partial charge in [0, 0.05) is 11.8 Å². The lowest BCUT2D eigenvalue weighted by atomic mass is 10.4. The maximum Gasteiger partial charge on any atom is 0.154 e. The van der Waals surface area contributed by atoms with Crippen LogP contribution < -0.4 is 0 Å². The van der Waals surface area contributed by atoms with E-state index in [0.29, 0.717) is 12.1 Å². The second-order valence-electron chi connectivity index (χ2n) is 3.69. The summed E-state index contributed by atoms with van der Waals surface area (Å²) in [6.07, 6.45) is 3.18. The molecule has 0 saturated carbocycles. The van der Waals surface area contributed by atoms with Crippen molar-refractivity contribution in [2.24, 2.45) is 0 Å². The molecule has 5 nitrogen and oxygen atoms in total. The van der Waals surface area contributed by atoms with Crippen molar-refractivity contribution in [2.45, 2.75) is 32.2 Å². The van der Waals surface area contributed by atoms with E-state index in [0.717, 1.165) is 0 Å². The smallest absolute Gasteiger partial charge is 0.154 e. The number of aryl methyl sites for hydroxylation is 1. The highest BCUT2D eigenvalue weighted by Crippen LogP contribution is 2.03. The minimum atomic E-state index is -3.02. The summed E-state index contributed by atoms with van der Waals surface area (Å²) in [6, 6.07) is 0. The Kier molecular flexibility index (Phi) is 3.87. The SMILES string of the molecule is CC(C)S(=O)(=O)CCn1cc(CO)cn1. The van der Waals surface area contributed by atoms with E-state index in [-0.39, 0.29) is 17.6 Å². The van der Waals surface area contributed by atoms with Crippen molar-refractivity contribution in [3.8, 4) is 0 Å². The largest absolute Gasteiger partial charge is 0.392 e. The number of nitrogens with zero attached hydrogens (tertiary/aromatic N) is 2. The zero-order chi connectivity index (χ0) is 11.5. The lowest BCUT2D eigenvalue weighted by Crippen LogP contribution is -2.21. The monoisotopic (exact) mass is 232 g/mol. The minimum absolute atomic E-state index is 0.0725. The molecule has 1 heterocycles. The second kappa shape index (κ2) is 4.76. The Morgan fingerprint density at radius 2 is 2.20 bits per heavy atom. The normalized spacial score (nSPS) is 12.3. The van der Waals surface area contributed by atoms with Gasteiger partial charge in [-0.05, 0) is 13.8 Å². The molecule has 15 heavy (non-hydrogen) atoms. The van der Waals surface area contributed by atoms with Crippen LogP contribution in [0.2, 0.25) is 0 Å². The average molecular weight is 232 g/mol. The van der Waals surface area contributed by atoms with Crippen LogP contribution in [0.4, 0.5) is 0 Å². The third-order valence-electron chi connectivity index (χ3n) is 2.19. The molecule has 0 saturated heterocycles. The molecule has 0 radical (unpaired) electrons. The van der Waals surface area contributed by atoms with Crippen LogP contribution in [0.3, 0.4) is 0 Å². The maximum atomic E-state index is 11.5. The topological polar surface area (TPSA) is 72.2 Å². The zero-order valence-corrected chi connectivity index (χ0v) is 9.74. The first-order chi connectivity index (χ1) is 6.95. The highest BCUT2D eigenvalue weighted by molar-refractivity contribution is 7.91. The fourth-order valence-electron chi connectivity index (χ4n) is 1.07. The third kappa shape index (κ3) is 3.32. The molecule has 0 aromatic carbocycles. The number of aliphatic hydroxyl groups is 1. The van der Waals surface area contributed by atoms with Gasteiger partial charge in [-0.1, -0.05) is 0 Å². The predicted octanol–water partition coefficient (Wildman–Crippen LogP) is 0.199. The molecule has 0 unspecified atom stereocenters. The molecule has 1 aromatic rings. The van der Waals surface area contributed by atoms with Crippen LogP contribution >= 0.6 is 0 Å². The highest BCUT2D eigenvalue weighted by Gasteiger charge is 2.15. The Morgan fingerprint density at radius 3 is 2.67 bits per heavy atom. The quantitative estimate of drug-likeness (QED) is 0.787. The van der Waals surface area contributed by atoms with Gasteiger partial charge >= 0.3 is 0 Å². The second-order valence-corrected chi connectivity index (χ2v) is 6.36. The van der Waals surface area contributed by atoms with Crippen LogP contribution in [0.25, 0.3) is 0 Å². The number of hydrogen-bond donors (Lipinski definition) is 1. The molecule has 0 aliphatic rings. The van der Waals surface area contributed by atoms with Gasteiger partial charge in [0.1, 0.15) is 0 Å². The lowest BCUT2D eigenvalue weighted by Gasteiger charge is -2.07. The molecule has 0 spiro atoms. The fourth-order valence-corrected chi connectivity index (χ4v) is 1.98. The van der Waals surface area contributed by atoms with Gasteiger partial charge in [0.2, 0.25) is 0 Å². The van der Waals surface area contributed by atoms with E-state index in [9.17, 15) is 8.42 Å². The third-order valence-corrected chi connectivity index (χ3v) is 4.38. The van der Waals surface area contributed by atoms with Gasteiger partial charge in [0.25, 0.3) is 0 Å². The predicted molar refractivity (Wildman–Crippen MR) is 57.1 cm³/mol. The van der Waals surface area contributed by atoms with Crippen molar-refractivity contribution in [1.29, 1.82) is 0 Å². The molecule has 1 aromatic heterocycles. The number of hydrogen-bond acceptors (Lipinski definition) is 4. The Labute approximate surface area is 89.6 Å². The number of aliphatic hydroxyl groups excluding tert-OH is 1. The summed E-state index contributed by atoms with van der Waals surface area (Å²) in [6.45, 7) is 3.59. The van der Waals surface area contributed by atoms with Crippen LogP contribution in [0.5, 0.6) is 0 Å².